The van der Waals surface area contributed by atoms with Crippen molar-refractivity contribution in [1.29, 1.82) is 0 Å². The molecule has 3 rings (SSSR count). The second-order valence-corrected chi connectivity index (χ2v) is 5.88. The highest BCUT2D eigenvalue weighted by atomic mass is 15.3. The predicted octanol–water partition coefficient (Wildman–Crippen LogP) is 3.43. The summed E-state index contributed by atoms with van der Waals surface area (Å²) in [7, 11) is 0. The van der Waals surface area contributed by atoms with Gasteiger partial charge in [-0.1, -0.05) is 48.5 Å². The summed E-state index contributed by atoms with van der Waals surface area (Å²) < 4.78 is 1.87. The van der Waals surface area contributed by atoms with E-state index in [1.54, 1.807) is 12.7 Å². The van der Waals surface area contributed by atoms with Crippen LogP contribution in [0.15, 0.2) is 61.2 Å². The van der Waals surface area contributed by atoms with E-state index in [0.717, 1.165) is 13.1 Å². The van der Waals surface area contributed by atoms with Gasteiger partial charge in [0.15, 0.2) is 0 Å². The van der Waals surface area contributed by atoms with E-state index in [-0.39, 0.29) is 6.04 Å². The fourth-order valence-electron chi connectivity index (χ4n) is 2.64. The summed E-state index contributed by atoms with van der Waals surface area (Å²) in [6.07, 6.45) is 3.33. The Labute approximate surface area is 137 Å². The average molecular weight is 306 g/mol. The highest BCUT2D eigenvalue weighted by Gasteiger charge is 2.12. The van der Waals surface area contributed by atoms with Crippen LogP contribution in [-0.4, -0.2) is 14.8 Å². The molecule has 0 saturated carbocycles. The fourth-order valence-corrected chi connectivity index (χ4v) is 2.64. The molecule has 1 aromatic heterocycles. The molecule has 0 amide bonds. The van der Waals surface area contributed by atoms with Crippen molar-refractivity contribution in [3.05, 3.63) is 83.4 Å². The molecule has 0 spiro atoms. The Kier molecular flexibility index (Phi) is 4.83. The molecule has 2 aromatic carbocycles. The summed E-state index contributed by atoms with van der Waals surface area (Å²) in [5.74, 6) is 0. The van der Waals surface area contributed by atoms with Gasteiger partial charge in [-0.3, -0.25) is 4.68 Å². The van der Waals surface area contributed by atoms with E-state index in [0.29, 0.717) is 0 Å². The maximum Gasteiger partial charge on any atom is 0.137 e. The molecule has 0 aliphatic rings. The average Bonchev–Trinajstić information content (AvgIpc) is 3.08. The minimum Gasteiger partial charge on any atom is -0.304 e. The first-order valence-corrected chi connectivity index (χ1v) is 7.89. The van der Waals surface area contributed by atoms with Crippen molar-refractivity contribution < 1.29 is 0 Å². The summed E-state index contributed by atoms with van der Waals surface area (Å²) in [6.45, 7) is 5.89. The van der Waals surface area contributed by atoms with Crippen molar-refractivity contribution in [1.82, 2.24) is 20.1 Å². The van der Waals surface area contributed by atoms with Crippen LogP contribution in [0.1, 0.15) is 28.3 Å². The monoisotopic (exact) mass is 306 g/mol. The van der Waals surface area contributed by atoms with Crippen LogP contribution in [-0.2, 0) is 13.1 Å². The molecule has 0 bridgehead atoms. The zero-order valence-corrected chi connectivity index (χ0v) is 13.6. The smallest absolute Gasteiger partial charge is 0.137 e. The first kappa shape index (κ1) is 15.4. The first-order chi connectivity index (χ1) is 11.2. The maximum absolute atomic E-state index is 4.23. The molecular formula is C19H22N4. The Morgan fingerprint density at radius 3 is 2.57 bits per heavy atom. The van der Waals surface area contributed by atoms with E-state index in [1.807, 2.05) is 10.7 Å². The van der Waals surface area contributed by atoms with Crippen molar-refractivity contribution >= 4 is 0 Å². The lowest BCUT2D eigenvalue weighted by atomic mass is 10.0. The van der Waals surface area contributed by atoms with Crippen LogP contribution in [0.4, 0.5) is 0 Å². The van der Waals surface area contributed by atoms with Gasteiger partial charge in [0, 0.05) is 6.54 Å². The zero-order valence-electron chi connectivity index (χ0n) is 13.6. The first-order valence-electron chi connectivity index (χ1n) is 7.89. The van der Waals surface area contributed by atoms with E-state index in [4.69, 9.17) is 0 Å². The Hall–Kier alpha value is -2.46. The van der Waals surface area contributed by atoms with Crippen LogP contribution in [0.2, 0.25) is 0 Å². The van der Waals surface area contributed by atoms with Crippen molar-refractivity contribution in [2.75, 3.05) is 0 Å². The van der Waals surface area contributed by atoms with E-state index < -0.39 is 0 Å². The van der Waals surface area contributed by atoms with Crippen LogP contribution in [0.5, 0.6) is 0 Å². The van der Waals surface area contributed by atoms with Gasteiger partial charge in [0.05, 0.1) is 12.6 Å². The minimum atomic E-state index is 0.194. The maximum atomic E-state index is 4.23. The van der Waals surface area contributed by atoms with Crippen molar-refractivity contribution in [2.45, 2.75) is 33.0 Å². The third kappa shape index (κ3) is 4.05. The van der Waals surface area contributed by atoms with E-state index in [1.165, 1.54) is 22.3 Å². The quantitative estimate of drug-likeness (QED) is 0.759. The lowest BCUT2D eigenvalue weighted by Crippen LogP contribution is -2.25. The highest BCUT2D eigenvalue weighted by Crippen LogP contribution is 2.16. The Bertz CT molecular complexity index is 735. The SMILES string of the molecule is Cc1ccc(CN[C@H](Cn2cncn2)c2ccccc2)cc1C. The Morgan fingerprint density at radius 2 is 1.87 bits per heavy atom. The lowest BCUT2D eigenvalue weighted by molar-refractivity contribution is 0.436. The van der Waals surface area contributed by atoms with Gasteiger partial charge in [0.1, 0.15) is 12.7 Å². The molecule has 0 fully saturated rings. The molecule has 4 nitrogen and oxygen atoms in total. The van der Waals surface area contributed by atoms with Gasteiger partial charge >= 0.3 is 0 Å². The van der Waals surface area contributed by atoms with Crippen LogP contribution in [0.25, 0.3) is 0 Å². The molecule has 1 heterocycles. The van der Waals surface area contributed by atoms with E-state index in [2.05, 4.69) is 71.7 Å². The molecular weight excluding hydrogens is 284 g/mol. The number of hydrogen-bond acceptors (Lipinski definition) is 3. The summed E-state index contributed by atoms with van der Waals surface area (Å²) in [5.41, 5.74) is 5.22. The van der Waals surface area contributed by atoms with Gasteiger partial charge in [-0.25, -0.2) is 4.98 Å². The van der Waals surface area contributed by atoms with Crippen LogP contribution >= 0.6 is 0 Å². The van der Waals surface area contributed by atoms with Crippen LogP contribution < -0.4 is 5.32 Å². The van der Waals surface area contributed by atoms with Crippen LogP contribution in [0, 0.1) is 13.8 Å². The predicted molar refractivity (Wildman–Crippen MR) is 92.0 cm³/mol. The van der Waals surface area contributed by atoms with Crippen molar-refractivity contribution in [3.63, 3.8) is 0 Å². The number of nitrogens with one attached hydrogen (secondary N) is 1. The summed E-state index contributed by atoms with van der Waals surface area (Å²) in [4.78, 5) is 4.03. The zero-order chi connectivity index (χ0) is 16.1. The molecule has 0 aliphatic heterocycles. The number of nitrogens with zero attached hydrogens (tertiary/aromatic N) is 3. The molecule has 0 aliphatic carbocycles. The van der Waals surface area contributed by atoms with Crippen molar-refractivity contribution in [3.8, 4) is 0 Å². The highest BCUT2D eigenvalue weighted by molar-refractivity contribution is 5.30. The molecule has 1 N–H and O–H groups in total. The van der Waals surface area contributed by atoms with Gasteiger partial charge in [0.2, 0.25) is 0 Å². The van der Waals surface area contributed by atoms with Gasteiger partial charge < -0.3 is 5.32 Å². The fraction of sp³-hybridized carbons (Fsp3) is 0.263. The molecule has 4 heteroatoms. The summed E-state index contributed by atoms with van der Waals surface area (Å²) in [5, 5.41) is 7.88. The Balaban J connectivity index is 1.74. The number of aryl methyl sites for hydroxylation is 2. The van der Waals surface area contributed by atoms with Gasteiger partial charge in [0.25, 0.3) is 0 Å². The molecule has 1 atom stereocenters. The number of hydrogen-bond donors (Lipinski definition) is 1. The molecule has 0 unspecified atom stereocenters. The number of aromatic nitrogens is 3. The van der Waals surface area contributed by atoms with E-state index in [9.17, 15) is 0 Å². The van der Waals surface area contributed by atoms with E-state index >= 15 is 0 Å². The number of rotatable bonds is 6. The Morgan fingerprint density at radius 1 is 1.04 bits per heavy atom. The number of benzene rings is 2. The minimum absolute atomic E-state index is 0.194. The third-order valence-electron chi connectivity index (χ3n) is 4.16. The topological polar surface area (TPSA) is 42.7 Å². The second kappa shape index (κ2) is 7.20. The molecule has 23 heavy (non-hydrogen) atoms. The molecule has 0 radical (unpaired) electrons. The van der Waals surface area contributed by atoms with Gasteiger partial charge in [-0.2, -0.15) is 5.10 Å². The standard InChI is InChI=1S/C19H22N4/c1-15-8-9-17(10-16(15)2)11-21-19(12-23-14-20-13-22-23)18-6-4-3-5-7-18/h3-10,13-14,19,21H,11-12H2,1-2H3/t19-/m1/s1. The molecule has 3 aromatic rings. The second-order valence-electron chi connectivity index (χ2n) is 5.88. The third-order valence-corrected chi connectivity index (χ3v) is 4.16. The normalized spacial score (nSPS) is 12.3. The summed E-state index contributed by atoms with van der Waals surface area (Å²) >= 11 is 0. The molecule has 118 valence electrons. The van der Waals surface area contributed by atoms with Gasteiger partial charge in [-0.15, -0.1) is 0 Å². The van der Waals surface area contributed by atoms with Crippen molar-refractivity contribution in [2.24, 2.45) is 0 Å². The largest absolute Gasteiger partial charge is 0.304 e. The van der Waals surface area contributed by atoms with Crippen LogP contribution in [0.3, 0.4) is 0 Å². The molecule has 0 saturated heterocycles. The summed E-state index contributed by atoms with van der Waals surface area (Å²) in [6, 6.07) is 17.3. The lowest BCUT2D eigenvalue weighted by Gasteiger charge is -2.19. The van der Waals surface area contributed by atoms with Gasteiger partial charge in [-0.05, 0) is 36.1 Å².